The quantitative estimate of drug-likeness (QED) is 0.632. The Kier molecular flexibility index (Phi) is 8.31. The summed E-state index contributed by atoms with van der Waals surface area (Å²) in [6.07, 6.45) is 5.24. The van der Waals surface area contributed by atoms with E-state index in [1.807, 2.05) is 6.07 Å². The molecule has 2 heteroatoms. The molecule has 0 fully saturated rings. The highest BCUT2D eigenvalue weighted by molar-refractivity contribution is 5.33. The summed E-state index contributed by atoms with van der Waals surface area (Å²) in [5.74, 6) is 1.59. The molecule has 1 N–H and O–H groups in total. The number of hydrogen-bond acceptors (Lipinski definition) is 2. The van der Waals surface area contributed by atoms with Crippen LogP contribution >= 0.6 is 0 Å². The molecule has 0 aliphatic heterocycles. The van der Waals surface area contributed by atoms with Crippen molar-refractivity contribution in [3.63, 3.8) is 0 Å². The first-order valence-corrected chi connectivity index (χ1v) is 7.65. The summed E-state index contributed by atoms with van der Waals surface area (Å²) in [5, 5.41) is 3.51. The molecule has 1 aromatic rings. The van der Waals surface area contributed by atoms with Crippen molar-refractivity contribution in [1.82, 2.24) is 5.32 Å². The minimum absolute atomic E-state index is 0.565. The van der Waals surface area contributed by atoms with E-state index in [-0.39, 0.29) is 0 Å². The molecule has 0 aliphatic rings. The summed E-state index contributed by atoms with van der Waals surface area (Å²) in [7, 11) is 0. The highest BCUT2D eigenvalue weighted by Crippen LogP contribution is 2.18. The Morgan fingerprint density at radius 3 is 2.63 bits per heavy atom. The van der Waals surface area contributed by atoms with E-state index in [9.17, 15) is 0 Å². The number of ether oxygens (including phenoxy) is 1. The molecular formula is C17H29NO. The molecule has 0 saturated heterocycles. The maximum atomic E-state index is 5.85. The van der Waals surface area contributed by atoms with Crippen LogP contribution in [0, 0.1) is 5.92 Å². The van der Waals surface area contributed by atoms with Gasteiger partial charge in [-0.15, -0.1) is 0 Å². The smallest absolute Gasteiger partial charge is 0.123 e. The molecule has 19 heavy (non-hydrogen) atoms. The van der Waals surface area contributed by atoms with Gasteiger partial charge in [0.1, 0.15) is 5.75 Å². The summed E-state index contributed by atoms with van der Waals surface area (Å²) in [5.41, 5.74) is 1.26. The Hall–Kier alpha value is -1.02. The molecule has 0 atom stereocenters. The molecule has 1 rings (SSSR count). The van der Waals surface area contributed by atoms with Gasteiger partial charge in [-0.3, -0.25) is 0 Å². The monoisotopic (exact) mass is 263 g/mol. The van der Waals surface area contributed by atoms with E-state index in [2.05, 4.69) is 44.3 Å². The Bertz CT molecular complexity index is 336. The van der Waals surface area contributed by atoms with Gasteiger partial charge in [0, 0.05) is 12.1 Å². The van der Waals surface area contributed by atoms with Crippen LogP contribution in [0.25, 0.3) is 0 Å². The lowest BCUT2D eigenvalue weighted by atomic mass is 10.2. The van der Waals surface area contributed by atoms with Crippen molar-refractivity contribution in [2.45, 2.75) is 53.0 Å². The Labute approximate surface area is 118 Å². The predicted octanol–water partition coefficient (Wildman–Crippen LogP) is 4.39. The van der Waals surface area contributed by atoms with E-state index in [0.29, 0.717) is 5.92 Å². The van der Waals surface area contributed by atoms with Crippen molar-refractivity contribution in [1.29, 1.82) is 0 Å². The van der Waals surface area contributed by atoms with E-state index in [1.165, 1.54) is 31.2 Å². The summed E-state index contributed by atoms with van der Waals surface area (Å²) >= 11 is 0. The van der Waals surface area contributed by atoms with Crippen molar-refractivity contribution >= 4 is 0 Å². The summed E-state index contributed by atoms with van der Waals surface area (Å²) in [6, 6.07) is 8.34. The van der Waals surface area contributed by atoms with Crippen LogP contribution < -0.4 is 10.1 Å². The average molecular weight is 263 g/mol. The van der Waals surface area contributed by atoms with Crippen molar-refractivity contribution in [3.8, 4) is 5.75 Å². The lowest BCUT2D eigenvalue weighted by Crippen LogP contribution is -2.16. The van der Waals surface area contributed by atoms with Crippen molar-refractivity contribution in [3.05, 3.63) is 29.8 Å². The van der Waals surface area contributed by atoms with Gasteiger partial charge in [0.15, 0.2) is 0 Å². The molecule has 0 unspecified atom stereocenters. The normalized spacial score (nSPS) is 10.9. The zero-order valence-electron chi connectivity index (χ0n) is 12.7. The molecule has 0 bridgehead atoms. The second-order valence-corrected chi connectivity index (χ2v) is 5.55. The number of benzene rings is 1. The van der Waals surface area contributed by atoms with E-state index >= 15 is 0 Å². The van der Waals surface area contributed by atoms with Crippen molar-refractivity contribution < 1.29 is 4.74 Å². The zero-order valence-corrected chi connectivity index (χ0v) is 12.7. The van der Waals surface area contributed by atoms with Gasteiger partial charge < -0.3 is 10.1 Å². The third-order valence-electron chi connectivity index (χ3n) is 3.07. The number of nitrogens with one attached hydrogen (secondary N) is 1. The van der Waals surface area contributed by atoms with Crippen LogP contribution in [-0.2, 0) is 6.54 Å². The van der Waals surface area contributed by atoms with E-state index in [0.717, 1.165) is 25.4 Å². The minimum atomic E-state index is 0.565. The molecule has 0 spiro atoms. The van der Waals surface area contributed by atoms with Crippen LogP contribution in [0.5, 0.6) is 5.75 Å². The third-order valence-corrected chi connectivity index (χ3v) is 3.07. The van der Waals surface area contributed by atoms with Gasteiger partial charge in [0.2, 0.25) is 0 Å². The number of hydrogen-bond donors (Lipinski definition) is 1. The first-order chi connectivity index (χ1) is 9.24. The molecule has 0 saturated carbocycles. The molecular weight excluding hydrogens is 234 g/mol. The number of para-hydroxylation sites is 1. The van der Waals surface area contributed by atoms with Gasteiger partial charge >= 0.3 is 0 Å². The van der Waals surface area contributed by atoms with Crippen molar-refractivity contribution in [2.75, 3.05) is 13.2 Å². The highest BCUT2D eigenvalue weighted by Gasteiger charge is 2.03. The number of unbranched alkanes of at least 4 members (excludes halogenated alkanes) is 3. The molecule has 0 aromatic heterocycles. The zero-order chi connectivity index (χ0) is 13.9. The van der Waals surface area contributed by atoms with Crippen molar-refractivity contribution in [2.24, 2.45) is 5.92 Å². The first kappa shape index (κ1) is 16.0. The molecule has 0 aliphatic carbocycles. The predicted molar refractivity (Wildman–Crippen MR) is 82.6 cm³/mol. The third kappa shape index (κ3) is 7.22. The van der Waals surface area contributed by atoms with Crippen LogP contribution in [-0.4, -0.2) is 13.2 Å². The van der Waals surface area contributed by atoms with Crippen LogP contribution in [0.15, 0.2) is 24.3 Å². The maximum absolute atomic E-state index is 5.85. The topological polar surface area (TPSA) is 21.3 Å². The van der Waals surface area contributed by atoms with Gasteiger partial charge in [0.25, 0.3) is 0 Å². The average Bonchev–Trinajstić information content (AvgIpc) is 2.41. The second kappa shape index (κ2) is 9.85. The van der Waals surface area contributed by atoms with Gasteiger partial charge in [0.05, 0.1) is 6.61 Å². The van der Waals surface area contributed by atoms with E-state index in [1.54, 1.807) is 0 Å². The SMILES string of the molecule is CCCCCCNCc1ccccc1OCC(C)C. The summed E-state index contributed by atoms with van der Waals surface area (Å²) < 4.78 is 5.85. The van der Waals surface area contributed by atoms with E-state index in [4.69, 9.17) is 4.74 Å². The van der Waals surface area contributed by atoms with Crippen LogP contribution in [0.2, 0.25) is 0 Å². The van der Waals surface area contributed by atoms with Gasteiger partial charge in [-0.2, -0.15) is 0 Å². The largest absolute Gasteiger partial charge is 0.493 e. The molecule has 2 nitrogen and oxygen atoms in total. The minimum Gasteiger partial charge on any atom is -0.493 e. The lowest BCUT2D eigenvalue weighted by Gasteiger charge is -2.13. The molecule has 0 amide bonds. The van der Waals surface area contributed by atoms with Gasteiger partial charge in [-0.05, 0) is 24.9 Å². The fourth-order valence-corrected chi connectivity index (χ4v) is 1.95. The number of rotatable bonds is 10. The van der Waals surface area contributed by atoms with Crippen LogP contribution in [0.4, 0.5) is 0 Å². The highest BCUT2D eigenvalue weighted by atomic mass is 16.5. The molecule has 0 heterocycles. The maximum Gasteiger partial charge on any atom is 0.123 e. The first-order valence-electron chi connectivity index (χ1n) is 7.65. The standard InChI is InChI=1S/C17H29NO/c1-4-5-6-9-12-18-13-16-10-7-8-11-17(16)19-14-15(2)3/h7-8,10-11,15,18H,4-6,9,12-14H2,1-3H3. The Morgan fingerprint density at radius 1 is 1.11 bits per heavy atom. The fourth-order valence-electron chi connectivity index (χ4n) is 1.95. The lowest BCUT2D eigenvalue weighted by molar-refractivity contribution is 0.268. The molecule has 0 radical (unpaired) electrons. The Balaban J connectivity index is 2.31. The molecule has 108 valence electrons. The van der Waals surface area contributed by atoms with Crippen LogP contribution in [0.1, 0.15) is 52.0 Å². The fraction of sp³-hybridized carbons (Fsp3) is 0.647. The van der Waals surface area contributed by atoms with Gasteiger partial charge in [-0.1, -0.05) is 58.2 Å². The second-order valence-electron chi connectivity index (χ2n) is 5.55. The van der Waals surface area contributed by atoms with Gasteiger partial charge in [-0.25, -0.2) is 0 Å². The van der Waals surface area contributed by atoms with E-state index < -0.39 is 0 Å². The summed E-state index contributed by atoms with van der Waals surface area (Å²) in [6.45, 7) is 9.38. The Morgan fingerprint density at radius 2 is 1.89 bits per heavy atom. The molecule has 1 aromatic carbocycles. The summed E-state index contributed by atoms with van der Waals surface area (Å²) in [4.78, 5) is 0. The van der Waals surface area contributed by atoms with Crippen LogP contribution in [0.3, 0.4) is 0 Å².